The molecule has 0 radical (unpaired) electrons. The minimum atomic E-state index is -3.41. The van der Waals surface area contributed by atoms with Crippen LogP contribution < -0.4 is 15.2 Å². The van der Waals surface area contributed by atoms with E-state index in [4.69, 9.17) is 11.1 Å². The maximum Gasteiger partial charge on any atom is 0.277 e. The van der Waals surface area contributed by atoms with Crippen LogP contribution in [0.2, 0.25) is 0 Å². The van der Waals surface area contributed by atoms with Crippen molar-refractivity contribution >= 4 is 16.0 Å². The number of nitrogens with zero attached hydrogens (tertiary/aromatic N) is 1. The van der Waals surface area contributed by atoms with Crippen LogP contribution in [0.4, 0.5) is 0 Å². The Hall–Kier alpha value is -0.700. The van der Waals surface area contributed by atoms with Gasteiger partial charge in [-0.2, -0.15) is 17.9 Å². The fraction of sp³-hybridized carbons (Fsp3) is 0.900. The number of piperidine rings is 1. The van der Waals surface area contributed by atoms with Gasteiger partial charge in [-0.1, -0.05) is 0 Å². The molecule has 1 heterocycles. The van der Waals surface area contributed by atoms with Crippen LogP contribution in [0.15, 0.2) is 0 Å². The van der Waals surface area contributed by atoms with Crippen molar-refractivity contribution in [3.63, 3.8) is 0 Å². The fourth-order valence-electron chi connectivity index (χ4n) is 2.01. The Morgan fingerprint density at radius 3 is 2.44 bits per heavy atom. The zero-order valence-corrected chi connectivity index (χ0v) is 11.8. The monoisotopic (exact) mass is 277 g/mol. The van der Waals surface area contributed by atoms with Gasteiger partial charge in [0, 0.05) is 25.2 Å². The van der Waals surface area contributed by atoms with E-state index in [1.54, 1.807) is 13.8 Å². The second kappa shape index (κ2) is 6.46. The van der Waals surface area contributed by atoms with Crippen molar-refractivity contribution in [1.82, 2.24) is 14.3 Å². The summed E-state index contributed by atoms with van der Waals surface area (Å²) in [5.74, 6) is 0.149. The van der Waals surface area contributed by atoms with Gasteiger partial charge in [-0.05, 0) is 26.7 Å². The van der Waals surface area contributed by atoms with E-state index < -0.39 is 10.2 Å². The Morgan fingerprint density at radius 2 is 2.00 bits per heavy atom. The number of rotatable bonds is 6. The van der Waals surface area contributed by atoms with Crippen molar-refractivity contribution in [3.8, 4) is 0 Å². The molecule has 18 heavy (non-hydrogen) atoms. The summed E-state index contributed by atoms with van der Waals surface area (Å²) in [6, 6.07) is -0.148. The molecule has 1 fully saturated rings. The van der Waals surface area contributed by atoms with Gasteiger partial charge in [-0.25, -0.2) is 0 Å². The summed E-state index contributed by atoms with van der Waals surface area (Å²) < 4.78 is 28.5. The van der Waals surface area contributed by atoms with Gasteiger partial charge < -0.3 is 5.73 Å². The van der Waals surface area contributed by atoms with Crippen LogP contribution in [0.3, 0.4) is 0 Å². The minimum absolute atomic E-state index is 0.0375. The average Bonchev–Trinajstić information content (AvgIpc) is 2.17. The van der Waals surface area contributed by atoms with E-state index >= 15 is 0 Å². The number of nitrogens with two attached hydrogens (primary N) is 1. The standard InChI is InChI=1S/C10H23N5O2S/c1-8(2)13-18(16,17)14-9-3-5-15(6-4-9)7-10(11)12/h8-9,13-14H,3-7H2,1-2H3,(H3,11,12). The zero-order valence-electron chi connectivity index (χ0n) is 10.9. The molecule has 7 nitrogen and oxygen atoms in total. The second-order valence-electron chi connectivity index (χ2n) is 4.97. The van der Waals surface area contributed by atoms with Gasteiger partial charge in [-0.15, -0.1) is 0 Å². The molecule has 1 aliphatic heterocycles. The molecule has 0 saturated carbocycles. The predicted octanol–water partition coefficient (Wildman–Crippen LogP) is -0.781. The number of hydrogen-bond donors (Lipinski definition) is 4. The van der Waals surface area contributed by atoms with E-state index in [1.807, 2.05) is 0 Å². The summed E-state index contributed by atoms with van der Waals surface area (Å²) in [6.07, 6.45) is 1.48. The molecule has 0 aliphatic carbocycles. The van der Waals surface area contributed by atoms with Crippen LogP contribution in [0.1, 0.15) is 26.7 Å². The molecule has 0 bridgehead atoms. The molecule has 0 aromatic heterocycles. The Bertz CT molecular complexity index is 374. The summed E-state index contributed by atoms with van der Waals surface area (Å²) in [4.78, 5) is 2.06. The molecule has 0 aromatic carbocycles. The first-order valence-electron chi connectivity index (χ1n) is 6.13. The first-order valence-corrected chi connectivity index (χ1v) is 7.61. The number of nitrogens with one attached hydrogen (secondary N) is 3. The molecule has 0 aromatic rings. The van der Waals surface area contributed by atoms with E-state index in [-0.39, 0.29) is 17.9 Å². The molecule has 0 amide bonds. The molecule has 106 valence electrons. The van der Waals surface area contributed by atoms with E-state index in [2.05, 4.69) is 14.3 Å². The molecule has 5 N–H and O–H groups in total. The first kappa shape index (κ1) is 15.4. The quantitative estimate of drug-likeness (QED) is 0.377. The van der Waals surface area contributed by atoms with Crippen LogP contribution in [0.5, 0.6) is 0 Å². The third kappa shape index (κ3) is 5.76. The number of amidine groups is 1. The zero-order chi connectivity index (χ0) is 13.8. The second-order valence-corrected chi connectivity index (χ2v) is 6.45. The lowest BCUT2D eigenvalue weighted by atomic mass is 10.1. The van der Waals surface area contributed by atoms with Crippen LogP contribution in [-0.2, 0) is 10.2 Å². The van der Waals surface area contributed by atoms with Gasteiger partial charge >= 0.3 is 0 Å². The Labute approximate surface area is 109 Å². The van der Waals surface area contributed by atoms with Crippen molar-refractivity contribution in [3.05, 3.63) is 0 Å². The van der Waals surface area contributed by atoms with E-state index in [0.29, 0.717) is 6.54 Å². The lowest BCUT2D eigenvalue weighted by Gasteiger charge is -2.31. The Morgan fingerprint density at radius 1 is 1.44 bits per heavy atom. The van der Waals surface area contributed by atoms with E-state index in [1.165, 1.54) is 0 Å². The van der Waals surface area contributed by atoms with Crippen molar-refractivity contribution in [1.29, 1.82) is 5.41 Å². The molecular formula is C10H23N5O2S. The summed E-state index contributed by atoms with van der Waals surface area (Å²) >= 11 is 0. The molecule has 8 heteroatoms. The Kier molecular flexibility index (Phi) is 5.51. The molecule has 1 aliphatic rings. The molecule has 0 spiro atoms. The van der Waals surface area contributed by atoms with E-state index in [9.17, 15) is 8.42 Å². The summed E-state index contributed by atoms with van der Waals surface area (Å²) in [7, 11) is -3.41. The molecule has 0 atom stereocenters. The number of likely N-dealkylation sites (tertiary alicyclic amines) is 1. The van der Waals surface area contributed by atoms with Gasteiger partial charge in [0.25, 0.3) is 10.2 Å². The Balaban J connectivity index is 2.37. The SMILES string of the molecule is CC(C)NS(=O)(=O)NC1CCN(CC(=N)N)CC1. The highest BCUT2D eigenvalue weighted by molar-refractivity contribution is 7.87. The summed E-state index contributed by atoms with van der Waals surface area (Å²) in [5, 5.41) is 7.22. The van der Waals surface area contributed by atoms with Crippen LogP contribution in [-0.4, -0.2) is 50.9 Å². The van der Waals surface area contributed by atoms with Gasteiger partial charge in [-0.3, -0.25) is 10.3 Å². The molecule has 1 rings (SSSR count). The average molecular weight is 277 g/mol. The third-order valence-electron chi connectivity index (χ3n) is 2.69. The smallest absolute Gasteiger partial charge is 0.277 e. The molecule has 1 saturated heterocycles. The minimum Gasteiger partial charge on any atom is -0.387 e. The van der Waals surface area contributed by atoms with Crippen LogP contribution >= 0.6 is 0 Å². The predicted molar refractivity (Wildman–Crippen MR) is 71.7 cm³/mol. The highest BCUT2D eigenvalue weighted by Crippen LogP contribution is 2.10. The first-order chi connectivity index (χ1) is 8.28. The third-order valence-corrected chi connectivity index (χ3v) is 4.12. The van der Waals surface area contributed by atoms with Crippen molar-refractivity contribution in [2.24, 2.45) is 5.73 Å². The van der Waals surface area contributed by atoms with Gasteiger partial charge in [0.15, 0.2) is 0 Å². The normalized spacial score (nSPS) is 19.3. The molecular weight excluding hydrogens is 254 g/mol. The highest BCUT2D eigenvalue weighted by atomic mass is 32.2. The van der Waals surface area contributed by atoms with Crippen LogP contribution in [0, 0.1) is 5.41 Å². The van der Waals surface area contributed by atoms with Gasteiger partial charge in [0.1, 0.15) is 5.84 Å². The van der Waals surface area contributed by atoms with E-state index in [0.717, 1.165) is 25.9 Å². The number of hydrogen-bond acceptors (Lipinski definition) is 4. The lowest BCUT2D eigenvalue weighted by molar-refractivity contribution is 0.231. The maximum absolute atomic E-state index is 11.7. The topological polar surface area (TPSA) is 111 Å². The maximum atomic E-state index is 11.7. The van der Waals surface area contributed by atoms with Crippen LogP contribution in [0.25, 0.3) is 0 Å². The van der Waals surface area contributed by atoms with Crippen molar-refractivity contribution in [2.75, 3.05) is 19.6 Å². The molecule has 0 unspecified atom stereocenters. The summed E-state index contributed by atoms with van der Waals surface area (Å²) in [5.41, 5.74) is 5.33. The summed E-state index contributed by atoms with van der Waals surface area (Å²) in [6.45, 7) is 5.55. The van der Waals surface area contributed by atoms with Crippen molar-refractivity contribution in [2.45, 2.75) is 38.8 Å². The van der Waals surface area contributed by atoms with Gasteiger partial charge in [0.2, 0.25) is 0 Å². The lowest BCUT2D eigenvalue weighted by Crippen LogP contribution is -2.50. The fourth-order valence-corrected chi connectivity index (χ4v) is 3.38. The van der Waals surface area contributed by atoms with Gasteiger partial charge in [0.05, 0.1) is 6.54 Å². The largest absolute Gasteiger partial charge is 0.387 e. The highest BCUT2D eigenvalue weighted by Gasteiger charge is 2.23. The van der Waals surface area contributed by atoms with Crippen molar-refractivity contribution < 1.29 is 8.42 Å².